The molecule has 0 amide bonds. The van der Waals surface area contributed by atoms with Gasteiger partial charge in [-0.15, -0.1) is 0 Å². The molecule has 0 saturated heterocycles. The second-order valence-electron chi connectivity index (χ2n) is 3.71. The minimum absolute atomic E-state index is 0.0209. The lowest BCUT2D eigenvalue weighted by Gasteiger charge is -2.02. The Labute approximate surface area is 102 Å². The van der Waals surface area contributed by atoms with Crippen LogP contribution in [0.25, 0.3) is 22.4 Å². The average molecular weight is 246 g/mol. The zero-order chi connectivity index (χ0) is 11.8. The van der Waals surface area contributed by atoms with E-state index in [1.807, 2.05) is 37.3 Å². The second kappa shape index (κ2) is 3.82. The van der Waals surface area contributed by atoms with Crippen LogP contribution in [0.15, 0.2) is 34.9 Å². The van der Waals surface area contributed by atoms with Crippen LogP contribution in [0.1, 0.15) is 5.56 Å². The van der Waals surface area contributed by atoms with Crippen LogP contribution >= 0.6 is 11.6 Å². The van der Waals surface area contributed by atoms with E-state index in [4.69, 9.17) is 16.1 Å². The first-order valence-corrected chi connectivity index (χ1v) is 5.48. The minimum atomic E-state index is 0.0209. The predicted molar refractivity (Wildman–Crippen MR) is 64.8 cm³/mol. The number of rotatable bonds is 1. The molecular formula is C12H8ClN3O. The summed E-state index contributed by atoms with van der Waals surface area (Å²) in [5.41, 5.74) is 2.69. The summed E-state index contributed by atoms with van der Waals surface area (Å²) in [6.45, 7) is 2.02. The number of aromatic nitrogens is 3. The van der Waals surface area contributed by atoms with Crippen LogP contribution in [0, 0.1) is 6.92 Å². The number of aryl methyl sites for hydroxylation is 1. The van der Waals surface area contributed by atoms with Gasteiger partial charge in [-0.1, -0.05) is 23.4 Å². The highest BCUT2D eigenvalue weighted by molar-refractivity contribution is 6.27. The maximum Gasteiger partial charge on any atom is 0.320 e. The molecule has 0 aliphatic rings. The van der Waals surface area contributed by atoms with Crippen molar-refractivity contribution in [1.82, 2.24) is 15.1 Å². The Balaban J connectivity index is 2.25. The van der Waals surface area contributed by atoms with Crippen LogP contribution < -0.4 is 0 Å². The lowest BCUT2D eigenvalue weighted by Crippen LogP contribution is -1.89. The molecule has 0 radical (unpaired) electrons. The quantitative estimate of drug-likeness (QED) is 0.660. The van der Waals surface area contributed by atoms with Crippen molar-refractivity contribution in [3.8, 4) is 11.5 Å². The van der Waals surface area contributed by atoms with Gasteiger partial charge in [0, 0.05) is 5.39 Å². The highest BCUT2D eigenvalue weighted by atomic mass is 35.5. The van der Waals surface area contributed by atoms with Gasteiger partial charge in [-0.2, -0.15) is 4.98 Å². The molecule has 5 heteroatoms. The van der Waals surface area contributed by atoms with E-state index in [9.17, 15) is 0 Å². The average Bonchev–Trinajstić information content (AvgIpc) is 2.76. The van der Waals surface area contributed by atoms with Gasteiger partial charge in [-0.25, -0.2) is 4.98 Å². The molecule has 3 rings (SSSR count). The molecule has 84 valence electrons. The molecular weight excluding hydrogens is 238 g/mol. The topological polar surface area (TPSA) is 51.8 Å². The molecule has 1 aromatic carbocycles. The number of hydrogen-bond donors (Lipinski definition) is 0. The molecule has 0 unspecified atom stereocenters. The predicted octanol–water partition coefficient (Wildman–Crippen LogP) is 3.25. The molecule has 0 aliphatic heterocycles. The molecule has 0 spiro atoms. The molecule has 2 heterocycles. The maximum absolute atomic E-state index is 5.60. The molecule has 17 heavy (non-hydrogen) atoms. The summed E-state index contributed by atoms with van der Waals surface area (Å²) in [4.78, 5) is 8.43. The fourth-order valence-corrected chi connectivity index (χ4v) is 1.89. The van der Waals surface area contributed by atoms with E-state index in [1.54, 1.807) is 0 Å². The Kier molecular flexibility index (Phi) is 2.30. The van der Waals surface area contributed by atoms with Crippen LogP contribution in [0.3, 0.4) is 0 Å². The fourth-order valence-electron chi connectivity index (χ4n) is 1.77. The number of hydrogen-bond acceptors (Lipinski definition) is 4. The SMILES string of the molecule is Cc1cc(-c2noc(Cl)n2)nc2ccccc12. The summed E-state index contributed by atoms with van der Waals surface area (Å²) in [6, 6.07) is 9.84. The van der Waals surface area contributed by atoms with E-state index >= 15 is 0 Å². The van der Waals surface area contributed by atoms with Crippen LogP contribution in [0.2, 0.25) is 5.35 Å². The fraction of sp³-hybridized carbons (Fsp3) is 0.0833. The zero-order valence-electron chi connectivity index (χ0n) is 9.01. The van der Waals surface area contributed by atoms with E-state index in [0.29, 0.717) is 11.5 Å². The third kappa shape index (κ3) is 1.76. The van der Waals surface area contributed by atoms with Crippen LogP contribution in [-0.2, 0) is 0 Å². The molecule has 0 N–H and O–H groups in total. The van der Waals surface area contributed by atoms with Gasteiger partial charge in [0.05, 0.1) is 5.52 Å². The molecule has 0 bridgehead atoms. The number of para-hydroxylation sites is 1. The lowest BCUT2D eigenvalue weighted by molar-refractivity contribution is 0.420. The number of fused-ring (bicyclic) bond motifs is 1. The number of pyridine rings is 1. The van der Waals surface area contributed by atoms with Crippen molar-refractivity contribution >= 4 is 22.5 Å². The number of halogens is 1. The molecule has 0 saturated carbocycles. The Morgan fingerprint density at radius 2 is 2.00 bits per heavy atom. The van der Waals surface area contributed by atoms with Crippen molar-refractivity contribution in [2.45, 2.75) is 6.92 Å². The van der Waals surface area contributed by atoms with E-state index in [1.165, 1.54) is 0 Å². The van der Waals surface area contributed by atoms with Crippen molar-refractivity contribution in [3.63, 3.8) is 0 Å². The van der Waals surface area contributed by atoms with E-state index in [0.717, 1.165) is 16.5 Å². The largest absolute Gasteiger partial charge is 0.321 e. The summed E-state index contributed by atoms with van der Waals surface area (Å²) in [5.74, 6) is 0.406. The molecule has 4 nitrogen and oxygen atoms in total. The molecule has 2 aromatic heterocycles. The van der Waals surface area contributed by atoms with Crippen molar-refractivity contribution in [2.75, 3.05) is 0 Å². The standard InChI is InChI=1S/C12H8ClN3O/c1-7-6-10(11-15-12(13)17-16-11)14-9-5-3-2-4-8(7)9/h2-6H,1H3. The molecule has 3 aromatic rings. The van der Waals surface area contributed by atoms with E-state index in [-0.39, 0.29) is 5.35 Å². The number of nitrogens with zero attached hydrogens (tertiary/aromatic N) is 3. The van der Waals surface area contributed by atoms with Gasteiger partial charge in [-0.3, -0.25) is 0 Å². The van der Waals surface area contributed by atoms with Crippen molar-refractivity contribution in [1.29, 1.82) is 0 Å². The first kappa shape index (κ1) is 10.2. The monoisotopic (exact) mass is 245 g/mol. The van der Waals surface area contributed by atoms with Gasteiger partial charge in [0.2, 0.25) is 5.82 Å². The zero-order valence-corrected chi connectivity index (χ0v) is 9.77. The van der Waals surface area contributed by atoms with Gasteiger partial charge in [0.15, 0.2) is 0 Å². The molecule has 0 aliphatic carbocycles. The van der Waals surface area contributed by atoms with Crippen molar-refractivity contribution < 1.29 is 4.52 Å². The first-order chi connectivity index (χ1) is 8.24. The minimum Gasteiger partial charge on any atom is -0.321 e. The Hall–Kier alpha value is -1.94. The van der Waals surface area contributed by atoms with Crippen LogP contribution in [0.4, 0.5) is 0 Å². The summed E-state index contributed by atoms with van der Waals surface area (Å²) in [7, 11) is 0. The first-order valence-electron chi connectivity index (χ1n) is 5.10. The van der Waals surface area contributed by atoms with E-state index < -0.39 is 0 Å². The van der Waals surface area contributed by atoms with Gasteiger partial charge >= 0.3 is 5.35 Å². The Morgan fingerprint density at radius 3 is 2.76 bits per heavy atom. The van der Waals surface area contributed by atoms with E-state index in [2.05, 4.69) is 15.1 Å². The van der Waals surface area contributed by atoms with Gasteiger partial charge in [0.25, 0.3) is 0 Å². The number of benzene rings is 1. The lowest BCUT2D eigenvalue weighted by atomic mass is 10.1. The third-order valence-electron chi connectivity index (χ3n) is 2.55. The molecule has 0 atom stereocenters. The smallest absolute Gasteiger partial charge is 0.320 e. The summed E-state index contributed by atoms with van der Waals surface area (Å²) < 4.78 is 4.74. The Morgan fingerprint density at radius 1 is 1.18 bits per heavy atom. The second-order valence-corrected chi connectivity index (χ2v) is 4.04. The summed E-state index contributed by atoms with van der Waals surface area (Å²) >= 11 is 5.60. The highest BCUT2D eigenvalue weighted by Crippen LogP contribution is 2.22. The van der Waals surface area contributed by atoms with Crippen LogP contribution in [0.5, 0.6) is 0 Å². The summed E-state index contributed by atoms with van der Waals surface area (Å²) in [6.07, 6.45) is 0. The highest BCUT2D eigenvalue weighted by Gasteiger charge is 2.10. The van der Waals surface area contributed by atoms with Gasteiger partial charge in [-0.05, 0) is 36.2 Å². The van der Waals surface area contributed by atoms with Gasteiger partial charge < -0.3 is 4.52 Å². The Bertz CT molecular complexity index is 693. The summed E-state index contributed by atoms with van der Waals surface area (Å²) in [5, 5.41) is 4.89. The maximum atomic E-state index is 5.60. The van der Waals surface area contributed by atoms with Crippen LogP contribution in [-0.4, -0.2) is 15.1 Å². The van der Waals surface area contributed by atoms with Gasteiger partial charge in [0.1, 0.15) is 5.69 Å². The van der Waals surface area contributed by atoms with Crippen molar-refractivity contribution in [2.24, 2.45) is 0 Å². The van der Waals surface area contributed by atoms with Crippen molar-refractivity contribution in [3.05, 3.63) is 41.2 Å². The normalized spacial score (nSPS) is 10.9. The molecule has 0 fully saturated rings. The third-order valence-corrected chi connectivity index (χ3v) is 2.71.